The third kappa shape index (κ3) is 11.4. The normalized spacial score (nSPS) is 18.6. The summed E-state index contributed by atoms with van der Waals surface area (Å²) in [7, 11) is 0. The van der Waals surface area contributed by atoms with Crippen molar-refractivity contribution in [1.29, 1.82) is 0 Å². The maximum Gasteiger partial charge on any atom is 0.246 e. The summed E-state index contributed by atoms with van der Waals surface area (Å²) in [4.78, 5) is 67.5. The molecule has 3 aliphatic heterocycles. The van der Waals surface area contributed by atoms with E-state index in [0.29, 0.717) is 24.3 Å². The van der Waals surface area contributed by atoms with Crippen molar-refractivity contribution in [2.75, 3.05) is 57.4 Å². The maximum absolute atomic E-state index is 14.2. The van der Waals surface area contributed by atoms with Gasteiger partial charge in [0.2, 0.25) is 17.7 Å². The Morgan fingerprint density at radius 3 is 2.17 bits per heavy atom. The molecule has 3 fully saturated rings. The van der Waals surface area contributed by atoms with Crippen LogP contribution in [-0.2, 0) is 25.7 Å². The molecule has 14 nitrogen and oxygen atoms in total. The maximum atomic E-state index is 14.2. The average molecular weight is 1010 g/mol. The number of amides is 3. The van der Waals surface area contributed by atoms with E-state index >= 15 is 0 Å². The summed E-state index contributed by atoms with van der Waals surface area (Å²) in [5.41, 5.74) is 7.44. The van der Waals surface area contributed by atoms with Gasteiger partial charge in [0.05, 0.1) is 28.8 Å². The van der Waals surface area contributed by atoms with Crippen LogP contribution in [0.1, 0.15) is 80.1 Å². The second kappa shape index (κ2) is 21.5. The quantitative estimate of drug-likeness (QED) is 0.0494. The number of ether oxygens (including phenoxy) is 1. The van der Waals surface area contributed by atoms with Crippen LogP contribution in [-0.4, -0.2) is 124 Å². The Balaban J connectivity index is 0.711. The summed E-state index contributed by atoms with van der Waals surface area (Å²) in [5.74, 6) is -0.974. The number of aliphatic hydroxyl groups is 1. The van der Waals surface area contributed by atoms with Gasteiger partial charge >= 0.3 is 0 Å². The summed E-state index contributed by atoms with van der Waals surface area (Å²) in [6.07, 6.45) is 3.59. The average Bonchev–Trinajstić information content (AvgIpc) is 4.10. The highest BCUT2D eigenvalue weighted by atomic mass is 32.1. The lowest BCUT2D eigenvalue weighted by atomic mass is 9.71. The van der Waals surface area contributed by atoms with Crippen LogP contribution >= 0.6 is 22.7 Å². The molecule has 4 aromatic carbocycles. The van der Waals surface area contributed by atoms with Crippen molar-refractivity contribution in [3.8, 4) is 32.4 Å². The molecule has 16 heteroatoms. The molecule has 5 N–H and O–H groups in total. The van der Waals surface area contributed by atoms with E-state index in [9.17, 15) is 34.5 Å². The van der Waals surface area contributed by atoms with Gasteiger partial charge in [0.25, 0.3) is 0 Å². The van der Waals surface area contributed by atoms with E-state index in [2.05, 4.69) is 25.4 Å². The van der Waals surface area contributed by atoms with Gasteiger partial charge in [0.15, 0.2) is 5.78 Å². The van der Waals surface area contributed by atoms with E-state index in [0.717, 1.165) is 99.8 Å². The summed E-state index contributed by atoms with van der Waals surface area (Å²) < 4.78 is 6.69. The van der Waals surface area contributed by atoms with Crippen molar-refractivity contribution in [2.45, 2.75) is 84.5 Å². The number of hydrogen-bond acceptors (Lipinski definition) is 13. The summed E-state index contributed by atoms with van der Waals surface area (Å²) in [6, 6.07) is 25.9. The minimum absolute atomic E-state index is 0.000331. The number of aromatic hydroxyl groups is 2. The molecule has 6 aromatic rings. The van der Waals surface area contributed by atoms with Crippen LogP contribution in [0.25, 0.3) is 31.0 Å². The van der Waals surface area contributed by atoms with Crippen molar-refractivity contribution in [2.24, 2.45) is 10.8 Å². The SMILES string of the molecule is Cc1ncsc1-c1ccc(CNC(=O)[C@@H]2C[C@@H](O)CN2C(=O)C(NC(=O)COCCN2CCC3(CC2)CCN(c2ccc(C(=O)c4c(-c5ccc(O)cc5)sc5cc(O)ccc45)cc2)CC3)C(C)(C)C)cc1. The highest BCUT2D eigenvalue weighted by Crippen LogP contribution is 2.44. The molecule has 0 saturated carbocycles. The number of anilines is 1. The second-order valence-corrected chi connectivity index (χ2v) is 22.6. The first kappa shape index (κ1) is 50.8. The van der Waals surface area contributed by atoms with Crippen LogP contribution in [0.2, 0.25) is 0 Å². The highest BCUT2D eigenvalue weighted by molar-refractivity contribution is 7.22. The minimum Gasteiger partial charge on any atom is -0.508 e. The Labute approximate surface area is 428 Å². The number of aliphatic hydroxyl groups excluding tert-OH is 1. The van der Waals surface area contributed by atoms with Gasteiger partial charge in [0, 0.05) is 70.9 Å². The lowest BCUT2D eigenvalue weighted by Gasteiger charge is -2.47. The van der Waals surface area contributed by atoms with Gasteiger partial charge in [-0.1, -0.05) is 45.0 Å². The molecule has 5 heterocycles. The number of piperidine rings is 2. The molecule has 0 bridgehead atoms. The first-order chi connectivity index (χ1) is 34.5. The Morgan fingerprint density at radius 2 is 1.50 bits per heavy atom. The van der Waals surface area contributed by atoms with Gasteiger partial charge in [-0.15, -0.1) is 22.7 Å². The monoisotopic (exact) mass is 1010 g/mol. The number of thiophene rings is 1. The van der Waals surface area contributed by atoms with Gasteiger partial charge < -0.3 is 45.4 Å². The zero-order valence-corrected chi connectivity index (χ0v) is 43.0. The van der Waals surface area contributed by atoms with E-state index in [1.165, 1.54) is 16.2 Å². The van der Waals surface area contributed by atoms with Gasteiger partial charge in [-0.3, -0.25) is 19.2 Å². The number of hydrogen-bond donors (Lipinski definition) is 5. The largest absolute Gasteiger partial charge is 0.508 e. The molecular weight excluding hydrogens is 949 g/mol. The van der Waals surface area contributed by atoms with Crippen molar-refractivity contribution < 1.29 is 39.2 Å². The number of likely N-dealkylation sites (tertiary alicyclic amines) is 2. The number of aromatic nitrogens is 1. The van der Waals surface area contributed by atoms with Crippen LogP contribution < -0.4 is 15.5 Å². The first-order valence-electron chi connectivity index (χ1n) is 24.8. The zero-order chi connectivity index (χ0) is 50.7. The minimum atomic E-state index is -0.938. The van der Waals surface area contributed by atoms with E-state index in [-0.39, 0.29) is 54.7 Å². The Hall–Kier alpha value is -6.17. The van der Waals surface area contributed by atoms with E-state index in [1.807, 2.05) is 81.7 Å². The number of fused-ring (bicyclic) bond motifs is 1. The third-order valence-electron chi connectivity index (χ3n) is 14.8. The van der Waals surface area contributed by atoms with E-state index in [4.69, 9.17) is 4.74 Å². The first-order valence-corrected chi connectivity index (χ1v) is 26.5. The number of phenols is 2. The Morgan fingerprint density at radius 1 is 0.847 bits per heavy atom. The molecule has 0 radical (unpaired) electrons. The molecule has 9 rings (SSSR count). The predicted molar refractivity (Wildman–Crippen MR) is 282 cm³/mol. The van der Waals surface area contributed by atoms with Gasteiger partial charge in [-0.2, -0.15) is 0 Å². The van der Waals surface area contributed by atoms with Gasteiger partial charge in [-0.05, 0) is 140 Å². The van der Waals surface area contributed by atoms with Crippen molar-refractivity contribution >= 4 is 62.0 Å². The van der Waals surface area contributed by atoms with Crippen LogP contribution in [0.3, 0.4) is 0 Å². The number of β-amino-alcohol motifs (C(OH)–C–C–N with tert-alkyl or cyclic N) is 1. The number of carbonyl (C=O) groups is 4. The third-order valence-corrected chi connectivity index (χ3v) is 16.9. The summed E-state index contributed by atoms with van der Waals surface area (Å²) in [6.45, 7) is 12.5. The zero-order valence-electron chi connectivity index (χ0n) is 41.4. The smallest absolute Gasteiger partial charge is 0.246 e. The summed E-state index contributed by atoms with van der Waals surface area (Å²) >= 11 is 3.03. The molecule has 1 unspecified atom stereocenters. The molecule has 1 spiro atoms. The second-order valence-electron chi connectivity index (χ2n) is 20.7. The van der Waals surface area contributed by atoms with Crippen molar-refractivity contribution in [3.63, 3.8) is 0 Å². The molecule has 378 valence electrons. The number of aryl methyl sites for hydroxylation is 1. The molecule has 3 atom stereocenters. The molecule has 3 amide bonds. The van der Waals surface area contributed by atoms with Crippen LogP contribution in [0.15, 0.2) is 96.5 Å². The molecular formula is C56H64N6O8S2. The molecule has 72 heavy (non-hydrogen) atoms. The molecule has 2 aromatic heterocycles. The summed E-state index contributed by atoms with van der Waals surface area (Å²) in [5, 5.41) is 37.3. The topological polar surface area (TPSA) is 185 Å². The fourth-order valence-corrected chi connectivity index (χ4v) is 12.5. The standard InChI is InChI=1S/C56H64N6O8S2/c1-35-50(71-34-58-35)38-7-5-36(6-8-38)31-57-53(68)45-29-43(65)32-62(45)54(69)52(55(2,3)4)59-47(66)33-70-28-27-60-23-19-56(20-24-60)21-25-61(26-22-56)40-13-9-37(10-14-40)49(67)48-44-18-17-42(64)30-46(44)72-51(48)39-11-15-41(63)16-12-39/h5-18,30,34,43,45,52,63-65H,19-29,31-33H2,1-4H3,(H,57,68)(H,59,66)/t43-,45+,52?/m1/s1. The Bertz CT molecular complexity index is 2890. The van der Waals surface area contributed by atoms with E-state index < -0.39 is 35.4 Å². The number of phenolic OH excluding ortho intramolecular Hbond substituents is 2. The number of nitrogens with zero attached hydrogens (tertiary/aromatic N) is 4. The number of benzene rings is 4. The van der Waals surface area contributed by atoms with Crippen LogP contribution in [0.5, 0.6) is 11.5 Å². The number of nitrogens with one attached hydrogen (secondary N) is 2. The van der Waals surface area contributed by atoms with Crippen LogP contribution in [0.4, 0.5) is 5.69 Å². The fraction of sp³-hybridized carbons (Fsp3) is 0.411. The lowest BCUT2D eigenvalue weighted by Crippen LogP contribution is -2.58. The van der Waals surface area contributed by atoms with Crippen molar-refractivity contribution in [3.05, 3.63) is 119 Å². The predicted octanol–water partition coefficient (Wildman–Crippen LogP) is 8.15. The molecule has 3 aliphatic rings. The lowest BCUT2D eigenvalue weighted by molar-refractivity contribution is -0.144. The number of rotatable bonds is 15. The fourth-order valence-electron chi connectivity index (χ4n) is 10.4. The molecule has 0 aliphatic carbocycles. The van der Waals surface area contributed by atoms with Crippen molar-refractivity contribution in [1.82, 2.24) is 25.4 Å². The molecule has 3 saturated heterocycles. The van der Waals surface area contributed by atoms with E-state index in [1.54, 1.807) is 53.8 Å². The highest BCUT2D eigenvalue weighted by Gasteiger charge is 2.45. The number of thiazole rings is 1. The van der Waals surface area contributed by atoms with Gasteiger partial charge in [-0.25, -0.2) is 4.98 Å². The van der Waals surface area contributed by atoms with Crippen LogP contribution in [0, 0.1) is 17.8 Å². The van der Waals surface area contributed by atoms with Gasteiger partial charge in [0.1, 0.15) is 30.2 Å². The number of ketones is 1. The number of carbonyl (C=O) groups excluding carboxylic acids is 4. The Kier molecular flexibility index (Phi) is 15.2.